The van der Waals surface area contributed by atoms with Crippen LogP contribution in [-0.4, -0.2) is 76.2 Å². The predicted octanol–water partition coefficient (Wildman–Crippen LogP) is 9.39. The van der Waals surface area contributed by atoms with Crippen LogP contribution in [0.5, 0.6) is 0 Å². The maximum Gasteiger partial charge on any atom is 0.307 e. The molecule has 2 heterocycles. The lowest BCUT2D eigenvalue weighted by atomic mass is 10.1. The molecule has 0 bridgehead atoms. The van der Waals surface area contributed by atoms with Gasteiger partial charge in [0.2, 0.25) is 16.2 Å². The molecule has 63 heavy (non-hydrogen) atoms. The van der Waals surface area contributed by atoms with Gasteiger partial charge in [0.1, 0.15) is 10.0 Å². The Morgan fingerprint density at radius 1 is 0.635 bits per heavy atom. The third-order valence-corrected chi connectivity index (χ3v) is 11.8. The van der Waals surface area contributed by atoms with Crippen molar-refractivity contribution in [2.75, 3.05) is 36.0 Å². The van der Waals surface area contributed by atoms with E-state index in [1.807, 2.05) is 0 Å². The van der Waals surface area contributed by atoms with Crippen LogP contribution in [0.1, 0.15) is 94.3 Å². The molecule has 0 aliphatic rings. The first kappa shape index (κ1) is 48.0. The molecule has 4 aromatic carbocycles. The van der Waals surface area contributed by atoms with E-state index in [4.69, 9.17) is 33.7 Å². The van der Waals surface area contributed by atoms with Crippen molar-refractivity contribution in [3.8, 4) is 21.1 Å². The van der Waals surface area contributed by atoms with Gasteiger partial charge in [-0.3, -0.25) is 33.8 Å². The van der Waals surface area contributed by atoms with Crippen molar-refractivity contribution in [1.82, 2.24) is 25.7 Å². The Kier molecular flexibility index (Phi) is 18.2. The summed E-state index contributed by atoms with van der Waals surface area (Å²) in [6, 6.07) is 27.6. The van der Waals surface area contributed by atoms with Crippen LogP contribution in [-0.2, 0) is 9.53 Å². The number of ether oxygens (including phenoxy) is 1. The van der Waals surface area contributed by atoms with Gasteiger partial charge in [0.15, 0.2) is 0 Å². The minimum atomic E-state index is -0.486. The summed E-state index contributed by atoms with van der Waals surface area (Å²) in [6.07, 6.45) is 3.62. The minimum absolute atomic E-state index is 0.118. The quantitative estimate of drug-likeness (QED) is 0.0786. The summed E-state index contributed by atoms with van der Waals surface area (Å²) >= 11 is 15.1. The Morgan fingerprint density at radius 3 is 1.49 bits per heavy atom. The lowest BCUT2D eigenvalue weighted by Crippen LogP contribution is -2.32. The molecule has 6 rings (SSSR count). The number of hydrogen-bond donors (Lipinski definition) is 2. The van der Waals surface area contributed by atoms with Crippen LogP contribution < -0.4 is 20.9 Å². The van der Waals surface area contributed by atoms with E-state index in [0.717, 1.165) is 36.8 Å². The number of esters is 1. The number of rotatable bonds is 18. The van der Waals surface area contributed by atoms with E-state index >= 15 is 0 Å². The number of hydrogen-bond acceptors (Lipinski definition) is 12. The SMILES string of the molecule is CCCCN(C(=O)c1ccccc1Cl)c1nnc(-c2ccc(C(=O)NCCC(=O)OCC)cc2)s1.CCCCN(C(=O)c1ccccc1Cl)c1nnc(-c2ccc(C(N)=O)cc2)s1. The lowest BCUT2D eigenvalue weighted by molar-refractivity contribution is -0.142. The van der Waals surface area contributed by atoms with Crippen molar-refractivity contribution in [2.45, 2.75) is 52.9 Å². The monoisotopic (exact) mass is 928 g/mol. The van der Waals surface area contributed by atoms with Gasteiger partial charge in [0.25, 0.3) is 17.7 Å². The highest BCUT2D eigenvalue weighted by molar-refractivity contribution is 7.19. The molecule has 0 unspecified atom stereocenters. The standard InChI is InChI=1S/C25H27ClN4O4S.C20H19ClN4O2S/c1-3-5-16-30(24(33)19-8-6-7-9-20(19)26)25-29-28-23(35-25)18-12-10-17(11-13-18)22(32)27-15-14-21(31)34-4-2;1-2-3-12-25(19(27)15-6-4-5-7-16(15)21)20-24-23-18(28-20)14-10-8-13(9-11-14)17(22)26/h6-13H,3-5,14-16H2,1-2H3,(H,27,32);4-11H,2-3,12H2,1H3,(H2,22,26). The van der Waals surface area contributed by atoms with E-state index in [2.05, 4.69) is 39.6 Å². The molecule has 4 amide bonds. The van der Waals surface area contributed by atoms with Gasteiger partial charge >= 0.3 is 5.97 Å². The Hall–Kier alpha value is -6.07. The first-order chi connectivity index (χ1) is 30.4. The van der Waals surface area contributed by atoms with Gasteiger partial charge in [-0.05, 0) is 68.3 Å². The molecule has 0 spiro atoms. The van der Waals surface area contributed by atoms with Gasteiger partial charge < -0.3 is 15.8 Å². The zero-order chi connectivity index (χ0) is 45.3. The van der Waals surface area contributed by atoms with Crippen LogP contribution in [0.4, 0.5) is 10.3 Å². The van der Waals surface area contributed by atoms with Crippen LogP contribution in [0, 0.1) is 0 Å². The zero-order valence-electron chi connectivity index (χ0n) is 34.9. The number of nitrogens with zero attached hydrogens (tertiary/aromatic N) is 6. The second-order valence-corrected chi connectivity index (χ2v) is 16.4. The fraction of sp³-hybridized carbons (Fsp3) is 0.267. The zero-order valence-corrected chi connectivity index (χ0v) is 38.0. The van der Waals surface area contributed by atoms with Crippen molar-refractivity contribution in [2.24, 2.45) is 5.73 Å². The number of carbonyl (C=O) groups is 5. The van der Waals surface area contributed by atoms with E-state index in [1.165, 1.54) is 22.7 Å². The number of benzene rings is 4. The highest BCUT2D eigenvalue weighted by atomic mass is 35.5. The molecule has 6 aromatic rings. The first-order valence-electron chi connectivity index (χ1n) is 20.2. The maximum absolute atomic E-state index is 13.2. The second-order valence-electron chi connectivity index (χ2n) is 13.7. The van der Waals surface area contributed by atoms with Crippen LogP contribution in [0.15, 0.2) is 97.1 Å². The molecular formula is C45H46Cl2N8O6S2. The van der Waals surface area contributed by atoms with E-state index in [1.54, 1.807) is 114 Å². The third kappa shape index (κ3) is 13.2. The topological polar surface area (TPSA) is 191 Å². The molecule has 0 aliphatic heterocycles. The number of nitrogens with two attached hydrogens (primary N) is 1. The van der Waals surface area contributed by atoms with Crippen molar-refractivity contribution in [3.63, 3.8) is 0 Å². The van der Waals surface area contributed by atoms with E-state index < -0.39 is 5.91 Å². The number of primary amides is 1. The molecule has 328 valence electrons. The number of aromatic nitrogens is 4. The van der Waals surface area contributed by atoms with Gasteiger partial charge in [-0.15, -0.1) is 20.4 Å². The molecule has 0 radical (unpaired) electrons. The highest BCUT2D eigenvalue weighted by Gasteiger charge is 2.25. The van der Waals surface area contributed by atoms with E-state index in [9.17, 15) is 24.0 Å². The Balaban J connectivity index is 0.000000243. The number of carbonyl (C=O) groups excluding carboxylic acids is 5. The molecule has 0 fully saturated rings. The fourth-order valence-corrected chi connectivity index (χ4v) is 7.98. The average Bonchev–Trinajstić information content (AvgIpc) is 3.99. The van der Waals surface area contributed by atoms with Crippen molar-refractivity contribution in [3.05, 3.63) is 129 Å². The number of amides is 4. The van der Waals surface area contributed by atoms with Gasteiger partial charge in [-0.1, -0.05) is 121 Å². The highest BCUT2D eigenvalue weighted by Crippen LogP contribution is 2.32. The van der Waals surface area contributed by atoms with Crippen LogP contribution >= 0.6 is 45.9 Å². The Labute approximate surface area is 383 Å². The summed E-state index contributed by atoms with van der Waals surface area (Å²) < 4.78 is 4.85. The van der Waals surface area contributed by atoms with Gasteiger partial charge in [0, 0.05) is 41.9 Å². The summed E-state index contributed by atoms with van der Waals surface area (Å²) in [5.41, 5.74) is 8.58. The maximum atomic E-state index is 13.2. The molecular weight excluding hydrogens is 884 g/mol. The van der Waals surface area contributed by atoms with E-state index in [-0.39, 0.29) is 36.7 Å². The van der Waals surface area contributed by atoms with Crippen LogP contribution in [0.3, 0.4) is 0 Å². The molecule has 18 heteroatoms. The lowest BCUT2D eigenvalue weighted by Gasteiger charge is -2.19. The van der Waals surface area contributed by atoms with Gasteiger partial charge in [-0.25, -0.2) is 0 Å². The number of anilines is 2. The molecule has 2 aromatic heterocycles. The molecule has 0 atom stereocenters. The molecule has 0 saturated heterocycles. The Bertz CT molecular complexity index is 2500. The molecule has 0 aliphatic carbocycles. The average molecular weight is 930 g/mol. The number of unbranched alkanes of at least 4 members (excludes halogenated alkanes) is 2. The van der Waals surface area contributed by atoms with Crippen molar-refractivity contribution in [1.29, 1.82) is 0 Å². The predicted molar refractivity (Wildman–Crippen MR) is 249 cm³/mol. The molecule has 3 N–H and O–H groups in total. The fourth-order valence-electron chi connectivity index (χ4n) is 5.80. The first-order valence-corrected chi connectivity index (χ1v) is 22.6. The third-order valence-electron chi connectivity index (χ3n) is 9.19. The number of halogens is 2. The normalized spacial score (nSPS) is 10.6. The molecule has 0 saturated carbocycles. The van der Waals surface area contributed by atoms with Gasteiger partial charge in [0.05, 0.1) is 34.2 Å². The smallest absolute Gasteiger partial charge is 0.307 e. The van der Waals surface area contributed by atoms with Crippen LogP contribution in [0.2, 0.25) is 10.0 Å². The van der Waals surface area contributed by atoms with Gasteiger partial charge in [-0.2, -0.15) is 0 Å². The second kappa shape index (κ2) is 24.0. The summed E-state index contributed by atoms with van der Waals surface area (Å²) in [5, 5.41) is 22.7. The van der Waals surface area contributed by atoms with Crippen LogP contribution in [0.25, 0.3) is 21.1 Å². The van der Waals surface area contributed by atoms with Crippen molar-refractivity contribution < 1.29 is 28.7 Å². The largest absolute Gasteiger partial charge is 0.466 e. The number of nitrogens with one attached hydrogen (secondary N) is 1. The van der Waals surface area contributed by atoms with Crippen molar-refractivity contribution >= 4 is 85.7 Å². The Morgan fingerprint density at radius 2 is 1.08 bits per heavy atom. The minimum Gasteiger partial charge on any atom is -0.466 e. The summed E-state index contributed by atoms with van der Waals surface area (Å²) in [6.45, 7) is 7.38. The van der Waals surface area contributed by atoms with E-state index in [0.29, 0.717) is 72.3 Å². The summed E-state index contributed by atoms with van der Waals surface area (Å²) in [4.78, 5) is 64.4. The summed E-state index contributed by atoms with van der Waals surface area (Å²) in [5.74, 6) is -1.54. The molecule has 14 nitrogen and oxygen atoms in total. The summed E-state index contributed by atoms with van der Waals surface area (Å²) in [7, 11) is 0.